The first-order valence-electron chi connectivity index (χ1n) is 10.1. The van der Waals surface area contributed by atoms with Crippen molar-refractivity contribution in [3.8, 4) is 0 Å². The number of amides is 1. The molecule has 3 rings (SSSR count). The van der Waals surface area contributed by atoms with Gasteiger partial charge in [0.1, 0.15) is 11.6 Å². The fourth-order valence-corrected chi connectivity index (χ4v) is 3.78. The molecule has 158 valence electrons. The first kappa shape index (κ1) is 21.9. The van der Waals surface area contributed by atoms with Gasteiger partial charge in [0.25, 0.3) is 0 Å². The van der Waals surface area contributed by atoms with Gasteiger partial charge in [-0.1, -0.05) is 56.3 Å². The molecule has 2 aromatic carbocycles. The number of benzene rings is 2. The van der Waals surface area contributed by atoms with E-state index in [-0.39, 0.29) is 11.7 Å². The van der Waals surface area contributed by atoms with Crippen molar-refractivity contribution in [2.45, 2.75) is 33.2 Å². The molecule has 0 atom stereocenters. The third-order valence-corrected chi connectivity index (χ3v) is 5.35. The molecule has 1 amide bonds. The van der Waals surface area contributed by atoms with E-state index in [1.807, 2.05) is 18.2 Å². The molecular weight excluding hydrogens is 399 g/mol. The zero-order valence-corrected chi connectivity index (χ0v) is 18.2. The van der Waals surface area contributed by atoms with E-state index in [1.54, 1.807) is 12.1 Å². The van der Waals surface area contributed by atoms with Crippen LogP contribution in [-0.4, -0.2) is 28.4 Å². The number of halogens is 1. The van der Waals surface area contributed by atoms with Crippen LogP contribution in [0.3, 0.4) is 0 Å². The summed E-state index contributed by atoms with van der Waals surface area (Å²) < 4.78 is 17.5. The number of rotatable bonds is 10. The van der Waals surface area contributed by atoms with E-state index in [1.165, 1.54) is 29.2 Å². The van der Waals surface area contributed by atoms with Crippen molar-refractivity contribution in [2.24, 2.45) is 5.92 Å². The SMILES string of the molecule is CC(C)CN(CCC(=O)NCc1ccc(F)cc1)c1nc(Cc2ccccc2)ns1. The number of carbonyl (C=O) groups is 1. The first-order chi connectivity index (χ1) is 14.5. The highest BCUT2D eigenvalue weighted by Crippen LogP contribution is 2.20. The second-order valence-corrected chi connectivity index (χ2v) is 8.38. The number of hydrogen-bond acceptors (Lipinski definition) is 5. The molecule has 0 spiro atoms. The number of anilines is 1. The summed E-state index contributed by atoms with van der Waals surface area (Å²) in [5.74, 6) is 0.921. The number of carbonyl (C=O) groups excluding carboxylic acids is 1. The van der Waals surface area contributed by atoms with Crippen molar-refractivity contribution in [1.82, 2.24) is 14.7 Å². The molecule has 0 unspecified atom stereocenters. The number of hydrogen-bond donors (Lipinski definition) is 1. The summed E-state index contributed by atoms with van der Waals surface area (Å²) in [4.78, 5) is 19.1. The molecule has 0 bridgehead atoms. The van der Waals surface area contributed by atoms with Crippen LogP contribution < -0.4 is 10.2 Å². The van der Waals surface area contributed by atoms with Gasteiger partial charge in [0.15, 0.2) is 0 Å². The summed E-state index contributed by atoms with van der Waals surface area (Å²) in [7, 11) is 0. The zero-order chi connectivity index (χ0) is 21.3. The summed E-state index contributed by atoms with van der Waals surface area (Å²) >= 11 is 1.38. The first-order valence-corrected chi connectivity index (χ1v) is 10.9. The summed E-state index contributed by atoms with van der Waals surface area (Å²) in [5, 5.41) is 3.74. The lowest BCUT2D eigenvalue weighted by Gasteiger charge is -2.23. The highest BCUT2D eigenvalue weighted by molar-refractivity contribution is 7.09. The van der Waals surface area contributed by atoms with Gasteiger partial charge in [-0.3, -0.25) is 4.79 Å². The molecule has 3 aromatic rings. The van der Waals surface area contributed by atoms with Crippen LogP contribution in [0.1, 0.15) is 37.2 Å². The maximum absolute atomic E-state index is 13.0. The molecular formula is C23H27FN4OS. The van der Waals surface area contributed by atoms with Gasteiger partial charge in [0, 0.05) is 44.0 Å². The highest BCUT2D eigenvalue weighted by atomic mass is 32.1. The van der Waals surface area contributed by atoms with Gasteiger partial charge in [-0.15, -0.1) is 0 Å². The van der Waals surface area contributed by atoms with Crippen LogP contribution >= 0.6 is 11.5 Å². The average molecular weight is 427 g/mol. The third-order valence-electron chi connectivity index (χ3n) is 4.53. The van der Waals surface area contributed by atoms with Gasteiger partial charge < -0.3 is 10.2 Å². The largest absolute Gasteiger partial charge is 0.352 e. The molecule has 30 heavy (non-hydrogen) atoms. The minimum Gasteiger partial charge on any atom is -0.352 e. The van der Waals surface area contributed by atoms with E-state index in [2.05, 4.69) is 40.6 Å². The Kier molecular flexibility index (Phi) is 7.90. The maximum Gasteiger partial charge on any atom is 0.222 e. The van der Waals surface area contributed by atoms with Crippen LogP contribution in [-0.2, 0) is 17.8 Å². The van der Waals surface area contributed by atoms with E-state index in [4.69, 9.17) is 4.98 Å². The van der Waals surface area contributed by atoms with Crippen LogP contribution in [0.25, 0.3) is 0 Å². The Labute approximate surface area is 181 Å². The third kappa shape index (κ3) is 6.91. The second-order valence-electron chi connectivity index (χ2n) is 7.65. The molecule has 0 saturated carbocycles. The Balaban J connectivity index is 1.55. The Morgan fingerprint density at radius 3 is 2.53 bits per heavy atom. The molecule has 1 aromatic heterocycles. The predicted octanol–water partition coefficient (Wildman–Crippen LogP) is 4.44. The van der Waals surface area contributed by atoms with Crippen molar-refractivity contribution < 1.29 is 9.18 Å². The predicted molar refractivity (Wildman–Crippen MR) is 119 cm³/mol. The molecule has 0 radical (unpaired) electrons. The minimum absolute atomic E-state index is 0.0397. The Morgan fingerprint density at radius 2 is 1.83 bits per heavy atom. The maximum atomic E-state index is 13.0. The topological polar surface area (TPSA) is 58.1 Å². The molecule has 0 saturated heterocycles. The van der Waals surface area contributed by atoms with E-state index >= 15 is 0 Å². The lowest BCUT2D eigenvalue weighted by atomic mass is 10.1. The van der Waals surface area contributed by atoms with Crippen LogP contribution in [0.15, 0.2) is 54.6 Å². The fourth-order valence-electron chi connectivity index (χ4n) is 3.06. The second kappa shape index (κ2) is 10.8. The number of nitrogens with zero attached hydrogens (tertiary/aromatic N) is 3. The lowest BCUT2D eigenvalue weighted by molar-refractivity contribution is -0.121. The van der Waals surface area contributed by atoms with Crippen LogP contribution in [0.5, 0.6) is 0 Å². The van der Waals surface area contributed by atoms with Gasteiger partial charge in [-0.25, -0.2) is 9.37 Å². The van der Waals surface area contributed by atoms with Crippen molar-refractivity contribution in [3.05, 3.63) is 77.4 Å². The Hall–Kier alpha value is -2.80. The molecule has 0 aliphatic rings. The zero-order valence-electron chi connectivity index (χ0n) is 17.3. The normalized spacial score (nSPS) is 10.9. The van der Waals surface area contributed by atoms with Gasteiger partial charge in [-0.2, -0.15) is 4.37 Å². The Bertz CT molecular complexity index is 928. The van der Waals surface area contributed by atoms with Gasteiger partial charge >= 0.3 is 0 Å². The highest BCUT2D eigenvalue weighted by Gasteiger charge is 2.16. The van der Waals surface area contributed by atoms with Gasteiger partial charge in [0.2, 0.25) is 11.0 Å². The molecule has 0 aliphatic carbocycles. The molecule has 1 N–H and O–H groups in total. The summed E-state index contributed by atoms with van der Waals surface area (Å²) in [6, 6.07) is 16.3. The van der Waals surface area contributed by atoms with E-state index in [0.29, 0.717) is 31.8 Å². The molecule has 1 heterocycles. The quantitative estimate of drug-likeness (QED) is 0.521. The smallest absolute Gasteiger partial charge is 0.222 e. The van der Waals surface area contributed by atoms with Crippen molar-refractivity contribution in [2.75, 3.05) is 18.0 Å². The average Bonchev–Trinajstić information content (AvgIpc) is 3.19. The monoisotopic (exact) mass is 426 g/mol. The van der Waals surface area contributed by atoms with Gasteiger partial charge in [0.05, 0.1) is 0 Å². The summed E-state index contributed by atoms with van der Waals surface area (Å²) in [6.45, 7) is 6.07. The molecule has 0 fully saturated rings. The van der Waals surface area contributed by atoms with E-state index in [0.717, 1.165) is 23.1 Å². The molecule has 5 nitrogen and oxygen atoms in total. The van der Waals surface area contributed by atoms with Crippen LogP contribution in [0.2, 0.25) is 0 Å². The lowest BCUT2D eigenvalue weighted by Crippen LogP contribution is -2.33. The van der Waals surface area contributed by atoms with Crippen molar-refractivity contribution in [1.29, 1.82) is 0 Å². The van der Waals surface area contributed by atoms with Gasteiger partial charge in [-0.05, 0) is 29.2 Å². The standard InChI is InChI=1S/C23H27FN4OS/c1-17(2)16-28(13-12-22(29)25-15-19-8-10-20(24)11-9-19)23-26-21(27-30-23)14-18-6-4-3-5-7-18/h3-11,17H,12-16H2,1-2H3,(H,25,29). The Morgan fingerprint density at radius 1 is 1.10 bits per heavy atom. The number of nitrogens with one attached hydrogen (secondary N) is 1. The minimum atomic E-state index is -0.280. The number of aromatic nitrogens is 2. The summed E-state index contributed by atoms with van der Waals surface area (Å²) in [6.07, 6.45) is 1.06. The van der Waals surface area contributed by atoms with Crippen molar-refractivity contribution in [3.63, 3.8) is 0 Å². The van der Waals surface area contributed by atoms with Crippen LogP contribution in [0, 0.1) is 11.7 Å². The van der Waals surface area contributed by atoms with Crippen LogP contribution in [0.4, 0.5) is 9.52 Å². The molecule has 7 heteroatoms. The van der Waals surface area contributed by atoms with E-state index in [9.17, 15) is 9.18 Å². The van der Waals surface area contributed by atoms with Crippen molar-refractivity contribution >= 4 is 22.6 Å². The van der Waals surface area contributed by atoms with E-state index < -0.39 is 0 Å². The molecule has 0 aliphatic heterocycles. The fraction of sp³-hybridized carbons (Fsp3) is 0.348. The summed E-state index contributed by atoms with van der Waals surface area (Å²) in [5.41, 5.74) is 2.05.